The predicted molar refractivity (Wildman–Crippen MR) is 83.4 cm³/mol. The van der Waals surface area contributed by atoms with Gasteiger partial charge in [0.1, 0.15) is 17.5 Å². The van der Waals surface area contributed by atoms with E-state index in [0.29, 0.717) is 0 Å². The minimum Gasteiger partial charge on any atom is -0.466 e. The molecule has 0 atom stereocenters. The predicted octanol–water partition coefficient (Wildman–Crippen LogP) is 2.77. The maximum absolute atomic E-state index is 13.8. The maximum atomic E-state index is 13.8. The van der Waals surface area contributed by atoms with Crippen LogP contribution in [-0.4, -0.2) is 39.5 Å². The highest BCUT2D eigenvalue weighted by atomic mass is 79.9. The Morgan fingerprint density at radius 1 is 1.29 bits per heavy atom. The summed E-state index contributed by atoms with van der Waals surface area (Å²) >= 11 is 8.94. The smallest absolute Gasteiger partial charge is 0.355 e. The Bertz CT molecular complexity index is 740. The van der Waals surface area contributed by atoms with Crippen molar-refractivity contribution in [2.24, 2.45) is 0 Å². The van der Waals surface area contributed by atoms with Crippen LogP contribution >= 0.6 is 27.5 Å². The summed E-state index contributed by atoms with van der Waals surface area (Å²) < 4.78 is 41.9. The van der Waals surface area contributed by atoms with E-state index in [0.717, 1.165) is 25.2 Å². The molecule has 1 aliphatic rings. The minimum absolute atomic E-state index is 0.0579. The van der Waals surface area contributed by atoms with Crippen molar-refractivity contribution in [3.8, 4) is 0 Å². The molecule has 0 unspecified atom stereocenters. The van der Waals surface area contributed by atoms with Gasteiger partial charge in [-0.2, -0.15) is 0 Å². The molecule has 0 saturated carbocycles. The Kier molecular flexibility index (Phi) is 5.79. The van der Waals surface area contributed by atoms with Gasteiger partial charge in [0.15, 0.2) is 11.6 Å². The van der Waals surface area contributed by atoms with E-state index < -0.39 is 28.6 Å². The molecular formula is C14H11BrClF2NO5. The lowest BCUT2D eigenvalue weighted by atomic mass is 10.1. The second kappa shape index (κ2) is 7.45. The third-order valence-corrected chi connectivity index (χ3v) is 4.14. The summed E-state index contributed by atoms with van der Waals surface area (Å²) in [7, 11) is 2.24. The Morgan fingerprint density at radius 3 is 2.50 bits per heavy atom. The monoisotopic (exact) mass is 425 g/mol. The fourth-order valence-electron chi connectivity index (χ4n) is 2.12. The maximum Gasteiger partial charge on any atom is 0.355 e. The van der Waals surface area contributed by atoms with Crippen molar-refractivity contribution in [1.82, 2.24) is 0 Å². The van der Waals surface area contributed by atoms with Crippen LogP contribution in [0.15, 0.2) is 21.8 Å². The molecule has 0 aliphatic carbocycles. The normalized spacial score (nSPS) is 14.7. The van der Waals surface area contributed by atoms with E-state index in [2.05, 4.69) is 25.4 Å². The molecule has 0 radical (unpaired) electrons. The summed E-state index contributed by atoms with van der Waals surface area (Å²) in [6.07, 6.45) is 0. The number of carbonyl (C=O) groups is 2. The number of anilines is 1. The summed E-state index contributed by atoms with van der Waals surface area (Å²) in [5.41, 5.74) is -0.454. The fourth-order valence-corrected chi connectivity index (χ4v) is 3.15. The second-order valence-electron chi connectivity index (χ2n) is 4.53. The van der Waals surface area contributed by atoms with Crippen molar-refractivity contribution in [3.05, 3.63) is 38.5 Å². The Balaban J connectivity index is 2.71. The van der Waals surface area contributed by atoms with E-state index in [1.54, 1.807) is 0 Å². The van der Waals surface area contributed by atoms with Crippen molar-refractivity contribution < 1.29 is 32.6 Å². The highest BCUT2D eigenvalue weighted by Gasteiger charge is 2.35. The molecule has 1 aliphatic heterocycles. The fraction of sp³-hybridized carbons (Fsp3) is 0.286. The summed E-state index contributed by atoms with van der Waals surface area (Å²) in [4.78, 5) is 25.1. The topological polar surface area (TPSA) is 65.1 Å². The molecule has 24 heavy (non-hydrogen) atoms. The van der Waals surface area contributed by atoms with Crippen molar-refractivity contribution in [2.75, 3.05) is 32.5 Å². The standard InChI is InChI=1S/C14H11BrClF2NO5/c1-22-13(20)6-4-24-5-19(11(6)14(21)23-2)12-7(15)3-8(17)10(18)9(12)16/h3H,4-5H2,1-2H3. The second-order valence-corrected chi connectivity index (χ2v) is 5.77. The van der Waals surface area contributed by atoms with Gasteiger partial charge in [0.05, 0.1) is 32.1 Å². The van der Waals surface area contributed by atoms with Gasteiger partial charge in [0.25, 0.3) is 0 Å². The van der Waals surface area contributed by atoms with E-state index in [1.807, 2.05) is 0 Å². The van der Waals surface area contributed by atoms with E-state index in [-0.39, 0.29) is 34.8 Å². The van der Waals surface area contributed by atoms with Crippen molar-refractivity contribution in [1.29, 1.82) is 0 Å². The number of benzene rings is 1. The zero-order valence-corrected chi connectivity index (χ0v) is 14.8. The van der Waals surface area contributed by atoms with Gasteiger partial charge in [0, 0.05) is 4.47 Å². The van der Waals surface area contributed by atoms with E-state index >= 15 is 0 Å². The van der Waals surface area contributed by atoms with Gasteiger partial charge in [0.2, 0.25) is 0 Å². The van der Waals surface area contributed by atoms with Gasteiger partial charge < -0.3 is 19.1 Å². The Hall–Kier alpha value is -1.71. The molecule has 0 saturated heterocycles. The van der Waals surface area contributed by atoms with Crippen LogP contribution in [0.5, 0.6) is 0 Å². The first-order chi connectivity index (χ1) is 11.3. The number of ether oxygens (including phenoxy) is 3. The summed E-state index contributed by atoms with van der Waals surface area (Å²) in [5, 5.41) is -0.585. The van der Waals surface area contributed by atoms with Crippen molar-refractivity contribution in [2.45, 2.75) is 0 Å². The lowest BCUT2D eigenvalue weighted by Gasteiger charge is -2.32. The zero-order valence-electron chi connectivity index (χ0n) is 12.5. The number of esters is 2. The average molecular weight is 427 g/mol. The summed E-state index contributed by atoms with van der Waals surface area (Å²) in [5.74, 6) is -4.18. The van der Waals surface area contributed by atoms with Crippen molar-refractivity contribution >= 4 is 45.2 Å². The molecule has 0 fully saturated rings. The van der Waals surface area contributed by atoms with Gasteiger partial charge in [-0.1, -0.05) is 11.6 Å². The van der Waals surface area contributed by atoms with Crippen LogP contribution in [0.3, 0.4) is 0 Å². The molecule has 0 aromatic heterocycles. The number of nitrogens with zero attached hydrogens (tertiary/aromatic N) is 1. The molecule has 130 valence electrons. The number of hydrogen-bond acceptors (Lipinski definition) is 6. The van der Waals surface area contributed by atoms with E-state index in [1.165, 1.54) is 0 Å². The molecule has 1 aromatic carbocycles. The first-order valence-electron chi connectivity index (χ1n) is 6.41. The SMILES string of the molecule is COC(=O)C1=C(C(=O)OC)N(c2c(Br)cc(F)c(F)c2Cl)COC1. The molecule has 0 bridgehead atoms. The van der Waals surface area contributed by atoms with Crippen LogP contribution in [0.4, 0.5) is 14.5 Å². The molecule has 0 N–H and O–H groups in total. The van der Waals surface area contributed by atoms with Gasteiger partial charge in [-0.3, -0.25) is 0 Å². The molecule has 6 nitrogen and oxygen atoms in total. The molecule has 0 spiro atoms. The quantitative estimate of drug-likeness (QED) is 0.421. The van der Waals surface area contributed by atoms with Crippen LogP contribution in [0, 0.1) is 11.6 Å². The molecule has 0 amide bonds. The number of hydrogen-bond donors (Lipinski definition) is 0. The van der Waals surface area contributed by atoms with Crippen LogP contribution in [0.25, 0.3) is 0 Å². The molecule has 1 heterocycles. The lowest BCUT2D eigenvalue weighted by molar-refractivity contribution is -0.140. The summed E-state index contributed by atoms with van der Waals surface area (Å²) in [6, 6.07) is 0.845. The molecule has 2 rings (SSSR count). The average Bonchev–Trinajstić information content (AvgIpc) is 2.58. The van der Waals surface area contributed by atoms with Gasteiger partial charge in [-0.05, 0) is 22.0 Å². The third-order valence-electron chi connectivity index (χ3n) is 3.19. The highest BCUT2D eigenvalue weighted by molar-refractivity contribution is 9.10. The van der Waals surface area contributed by atoms with Crippen molar-refractivity contribution in [3.63, 3.8) is 0 Å². The number of halogens is 4. The first kappa shape index (κ1) is 18.6. The number of methoxy groups -OCH3 is 2. The third kappa shape index (κ3) is 3.24. The minimum atomic E-state index is -1.30. The molecule has 1 aromatic rings. The Labute approximate surface area is 149 Å². The van der Waals surface area contributed by atoms with Gasteiger partial charge >= 0.3 is 11.9 Å². The molecule has 10 heteroatoms. The van der Waals surface area contributed by atoms with Crippen LogP contribution in [-0.2, 0) is 23.8 Å². The largest absolute Gasteiger partial charge is 0.466 e. The number of carbonyl (C=O) groups excluding carboxylic acids is 2. The van der Waals surface area contributed by atoms with Gasteiger partial charge in [-0.15, -0.1) is 0 Å². The first-order valence-corrected chi connectivity index (χ1v) is 7.58. The van der Waals surface area contributed by atoms with E-state index in [9.17, 15) is 18.4 Å². The van der Waals surface area contributed by atoms with Gasteiger partial charge in [-0.25, -0.2) is 18.4 Å². The Morgan fingerprint density at radius 2 is 1.92 bits per heavy atom. The zero-order chi connectivity index (χ0) is 18.0. The van der Waals surface area contributed by atoms with Crippen LogP contribution in [0.1, 0.15) is 0 Å². The molecular weight excluding hydrogens is 416 g/mol. The lowest BCUT2D eigenvalue weighted by Crippen LogP contribution is -2.39. The van der Waals surface area contributed by atoms with Crippen LogP contribution < -0.4 is 4.90 Å². The summed E-state index contributed by atoms with van der Waals surface area (Å²) in [6.45, 7) is -0.457. The highest BCUT2D eigenvalue weighted by Crippen LogP contribution is 2.40. The number of rotatable bonds is 3. The van der Waals surface area contributed by atoms with E-state index in [4.69, 9.17) is 16.3 Å². The van der Waals surface area contributed by atoms with Crippen LogP contribution in [0.2, 0.25) is 5.02 Å².